The smallest absolute Gasteiger partial charge is 0.253 e. The van der Waals surface area contributed by atoms with Crippen LogP contribution >= 0.6 is 0 Å². The number of benzene rings is 1. The SMILES string of the molecule is C/C(=C\N(/C=C(\C=O)c1ccc(C)cc1)CC1CCOCC1)C(=O)N/C(N)=C/C=C(\N)c1cc(C(C=NC2CCOCC2)=CN)cnc1N. The Hall–Kier alpha value is -5.20. The third-order valence-electron chi connectivity index (χ3n) is 8.40. The number of nitrogens with two attached hydrogens (primary N) is 4. The summed E-state index contributed by atoms with van der Waals surface area (Å²) in [6.07, 6.45) is 15.7. The first kappa shape index (κ1) is 36.6. The number of hydrogen-bond donors (Lipinski definition) is 5. The zero-order chi connectivity index (χ0) is 35.2. The van der Waals surface area contributed by atoms with Crippen LogP contribution < -0.4 is 28.3 Å². The van der Waals surface area contributed by atoms with Crippen LogP contribution in [0.2, 0.25) is 0 Å². The lowest BCUT2D eigenvalue weighted by Crippen LogP contribution is -2.30. The summed E-state index contributed by atoms with van der Waals surface area (Å²) >= 11 is 0. The fraction of sp³-hybridized carbons (Fsp3) is 0.351. The molecule has 2 aromatic rings. The van der Waals surface area contributed by atoms with Gasteiger partial charge in [-0.2, -0.15) is 0 Å². The van der Waals surface area contributed by atoms with Crippen molar-refractivity contribution >= 4 is 41.1 Å². The molecule has 0 saturated carbocycles. The molecule has 2 aliphatic heterocycles. The van der Waals surface area contributed by atoms with Gasteiger partial charge in [0.2, 0.25) is 0 Å². The molecule has 0 atom stereocenters. The van der Waals surface area contributed by atoms with Gasteiger partial charge in [-0.25, -0.2) is 4.98 Å². The van der Waals surface area contributed by atoms with E-state index >= 15 is 0 Å². The van der Waals surface area contributed by atoms with Crippen LogP contribution in [0, 0.1) is 12.8 Å². The highest BCUT2D eigenvalue weighted by Gasteiger charge is 2.18. The van der Waals surface area contributed by atoms with E-state index in [4.69, 9.17) is 32.4 Å². The van der Waals surface area contributed by atoms with Crippen molar-refractivity contribution in [2.45, 2.75) is 45.6 Å². The predicted molar refractivity (Wildman–Crippen MR) is 195 cm³/mol. The van der Waals surface area contributed by atoms with Crippen molar-refractivity contribution in [2.75, 3.05) is 38.7 Å². The summed E-state index contributed by atoms with van der Waals surface area (Å²) in [6.45, 7) is 7.05. The van der Waals surface area contributed by atoms with Gasteiger partial charge in [-0.3, -0.25) is 14.6 Å². The van der Waals surface area contributed by atoms with Gasteiger partial charge in [-0.05, 0) is 69.2 Å². The Labute approximate surface area is 288 Å². The van der Waals surface area contributed by atoms with Gasteiger partial charge in [-0.15, -0.1) is 0 Å². The molecule has 2 saturated heterocycles. The zero-order valence-electron chi connectivity index (χ0n) is 28.3. The van der Waals surface area contributed by atoms with Crippen LogP contribution in [0.25, 0.3) is 16.8 Å². The molecule has 0 radical (unpaired) electrons. The number of rotatable bonds is 13. The largest absolute Gasteiger partial charge is 0.404 e. The lowest BCUT2D eigenvalue weighted by molar-refractivity contribution is -0.116. The molecular weight excluding hydrogens is 620 g/mol. The summed E-state index contributed by atoms with van der Waals surface area (Å²) in [4.78, 5) is 36.1. The van der Waals surface area contributed by atoms with E-state index < -0.39 is 5.91 Å². The number of hydrogen-bond acceptors (Lipinski definition) is 11. The van der Waals surface area contributed by atoms with Gasteiger partial charge in [0, 0.05) is 97.5 Å². The Morgan fingerprint density at radius 1 is 1.00 bits per heavy atom. The second kappa shape index (κ2) is 18.4. The number of nitrogens with one attached hydrogen (secondary N) is 1. The number of aldehydes is 1. The predicted octanol–water partition coefficient (Wildman–Crippen LogP) is 3.61. The number of anilines is 1. The minimum absolute atomic E-state index is 0.0780. The molecule has 0 bridgehead atoms. The van der Waals surface area contributed by atoms with Crippen LogP contribution in [-0.2, 0) is 19.1 Å². The number of allylic oxidation sites excluding steroid dienone is 4. The van der Waals surface area contributed by atoms with Gasteiger partial charge in [0.25, 0.3) is 5.91 Å². The van der Waals surface area contributed by atoms with Crippen molar-refractivity contribution in [1.82, 2.24) is 15.2 Å². The number of nitrogen functional groups attached to an aromatic ring is 1. The number of aliphatic imine (C=N–C) groups is 1. The monoisotopic (exact) mass is 668 g/mol. The van der Waals surface area contributed by atoms with Crippen molar-refractivity contribution < 1.29 is 19.1 Å². The average molecular weight is 669 g/mol. The first-order valence-corrected chi connectivity index (χ1v) is 16.5. The van der Waals surface area contributed by atoms with E-state index in [0.29, 0.717) is 72.4 Å². The molecule has 1 aromatic carbocycles. The summed E-state index contributed by atoms with van der Waals surface area (Å²) in [6, 6.07) is 9.69. The number of aryl methyl sites for hydroxylation is 1. The number of ether oxygens (including phenoxy) is 2. The van der Waals surface area contributed by atoms with Crippen LogP contribution in [0.3, 0.4) is 0 Å². The Balaban J connectivity index is 1.48. The van der Waals surface area contributed by atoms with Crippen LogP contribution in [0.15, 0.2) is 83.7 Å². The Kier molecular flexibility index (Phi) is 13.7. The summed E-state index contributed by atoms with van der Waals surface area (Å²) in [5, 5.41) is 2.70. The molecule has 0 unspecified atom stereocenters. The molecule has 12 heteroatoms. The van der Waals surface area contributed by atoms with Crippen molar-refractivity contribution in [3.05, 3.63) is 101 Å². The highest BCUT2D eigenvalue weighted by molar-refractivity contribution is 6.10. The maximum absolute atomic E-state index is 13.2. The normalized spacial score (nSPS) is 17.7. The fourth-order valence-corrected chi connectivity index (χ4v) is 5.41. The lowest BCUT2D eigenvalue weighted by Gasteiger charge is -2.27. The number of carbonyl (C=O) groups excluding carboxylic acids is 2. The molecule has 0 spiro atoms. The number of pyridine rings is 1. The van der Waals surface area contributed by atoms with Gasteiger partial charge < -0.3 is 42.6 Å². The Morgan fingerprint density at radius 2 is 1.67 bits per heavy atom. The first-order chi connectivity index (χ1) is 23.7. The quantitative estimate of drug-likeness (QED) is 0.0910. The van der Waals surface area contributed by atoms with Gasteiger partial charge in [0.1, 0.15) is 11.6 Å². The van der Waals surface area contributed by atoms with Crippen molar-refractivity contribution in [1.29, 1.82) is 0 Å². The van der Waals surface area contributed by atoms with E-state index in [0.717, 1.165) is 43.1 Å². The molecule has 49 heavy (non-hydrogen) atoms. The van der Waals surface area contributed by atoms with E-state index in [1.807, 2.05) is 36.1 Å². The number of nitrogens with zero attached hydrogens (tertiary/aromatic N) is 3. The molecule has 1 amide bonds. The van der Waals surface area contributed by atoms with Crippen LogP contribution in [-0.4, -0.2) is 67.3 Å². The highest BCUT2D eigenvalue weighted by Crippen LogP contribution is 2.23. The first-order valence-electron chi connectivity index (χ1n) is 16.5. The third kappa shape index (κ3) is 11.2. The van der Waals surface area contributed by atoms with E-state index in [-0.39, 0.29) is 17.7 Å². The number of amides is 1. The van der Waals surface area contributed by atoms with E-state index in [1.54, 1.807) is 43.9 Å². The molecule has 1 aromatic heterocycles. The highest BCUT2D eigenvalue weighted by atomic mass is 16.5. The molecule has 2 aliphatic rings. The fourth-order valence-electron chi connectivity index (χ4n) is 5.41. The third-order valence-corrected chi connectivity index (χ3v) is 8.40. The molecule has 4 rings (SSSR count). The van der Waals surface area contributed by atoms with Crippen molar-refractivity contribution in [3.8, 4) is 0 Å². The van der Waals surface area contributed by atoms with Gasteiger partial charge >= 0.3 is 0 Å². The number of carbonyl (C=O) groups is 2. The van der Waals surface area contributed by atoms with Crippen LogP contribution in [0.1, 0.15) is 54.9 Å². The van der Waals surface area contributed by atoms with E-state index in [1.165, 1.54) is 12.3 Å². The molecule has 9 N–H and O–H groups in total. The van der Waals surface area contributed by atoms with E-state index in [9.17, 15) is 9.59 Å². The molecule has 2 fully saturated rings. The average Bonchev–Trinajstić information content (AvgIpc) is 3.11. The van der Waals surface area contributed by atoms with Crippen molar-refractivity contribution in [3.63, 3.8) is 0 Å². The summed E-state index contributed by atoms with van der Waals surface area (Å²) < 4.78 is 10.9. The Morgan fingerprint density at radius 3 is 2.33 bits per heavy atom. The molecule has 0 aliphatic carbocycles. The summed E-state index contributed by atoms with van der Waals surface area (Å²) in [5.41, 5.74) is 29.6. The number of aromatic nitrogens is 1. The second-order valence-electron chi connectivity index (χ2n) is 12.2. The van der Waals surface area contributed by atoms with Crippen molar-refractivity contribution in [2.24, 2.45) is 28.1 Å². The zero-order valence-corrected chi connectivity index (χ0v) is 28.3. The lowest BCUT2D eigenvalue weighted by atomic mass is 9.99. The minimum atomic E-state index is -0.404. The van der Waals surface area contributed by atoms with Crippen LogP contribution in [0.5, 0.6) is 0 Å². The summed E-state index contributed by atoms with van der Waals surface area (Å²) in [7, 11) is 0. The topological polar surface area (TPSA) is 197 Å². The van der Waals surface area contributed by atoms with E-state index in [2.05, 4.69) is 15.3 Å². The molecule has 3 heterocycles. The second-order valence-corrected chi connectivity index (χ2v) is 12.2. The molecule has 12 nitrogen and oxygen atoms in total. The van der Waals surface area contributed by atoms with Gasteiger partial charge in [0.15, 0.2) is 6.29 Å². The maximum Gasteiger partial charge on any atom is 0.253 e. The summed E-state index contributed by atoms with van der Waals surface area (Å²) in [5.74, 6) is 0.244. The standard InChI is InChI=1S/C37H48N8O4/c1-25-3-5-28(6-4-25)31(24-46)23-45(22-27-9-13-48-14-10-27)21-26(2)37(47)44-35(40)8-7-34(39)33-17-29(19-43-36(33)41)30(18-38)20-42-32-11-15-49-16-12-32/h3-8,17-21,23-24,27,32H,9-16,22,38-40H2,1-2H3,(H2,41,43)(H,44,47)/b26-21+,30-18?,31-23+,34-7-,35-8+,42-20?. The van der Waals surface area contributed by atoms with Crippen LogP contribution in [0.4, 0.5) is 5.82 Å². The Bertz CT molecular complexity index is 1630. The maximum atomic E-state index is 13.2. The molecule has 260 valence electrons. The van der Waals surface area contributed by atoms with Gasteiger partial charge in [-0.1, -0.05) is 29.8 Å². The minimum Gasteiger partial charge on any atom is -0.404 e. The van der Waals surface area contributed by atoms with Gasteiger partial charge in [0.05, 0.1) is 6.04 Å². The molecular formula is C37H48N8O4.